The van der Waals surface area contributed by atoms with Gasteiger partial charge in [0.25, 0.3) is 0 Å². The summed E-state index contributed by atoms with van der Waals surface area (Å²) in [5, 5.41) is 10.0. The van der Waals surface area contributed by atoms with Crippen molar-refractivity contribution in [2.75, 3.05) is 0 Å². The van der Waals surface area contributed by atoms with Crippen LogP contribution in [0.1, 0.15) is 65.2 Å². The fraction of sp³-hybridized carbons (Fsp3) is 1.00. The van der Waals surface area contributed by atoms with Crippen molar-refractivity contribution in [1.29, 1.82) is 0 Å². The molecule has 0 amide bonds. The summed E-state index contributed by atoms with van der Waals surface area (Å²) < 4.78 is 6.20. The Kier molecular flexibility index (Phi) is 4.87. The first-order valence-electron chi connectivity index (χ1n) is 7.52. The maximum absolute atomic E-state index is 10.0. The van der Waals surface area contributed by atoms with Crippen molar-refractivity contribution in [3.63, 3.8) is 0 Å². The minimum absolute atomic E-state index is 0.111. The number of hydrogen-bond acceptors (Lipinski definition) is 2. The quantitative estimate of drug-likeness (QED) is 0.818. The van der Waals surface area contributed by atoms with Crippen molar-refractivity contribution in [3.05, 3.63) is 0 Å². The summed E-state index contributed by atoms with van der Waals surface area (Å²) in [6.07, 6.45) is 9.83. The van der Waals surface area contributed by atoms with E-state index in [2.05, 4.69) is 13.8 Å². The van der Waals surface area contributed by atoms with Crippen molar-refractivity contribution in [2.45, 2.75) is 83.5 Å². The molecule has 2 rings (SSSR count). The standard InChI is InChI=1S/C15H28O2/c1-3-12-5-4-6-13(10-12)17-15-9-11(2)7-8-14(15)16/h11-16H,3-10H2,1-2H3. The highest BCUT2D eigenvalue weighted by Gasteiger charge is 2.31. The smallest absolute Gasteiger partial charge is 0.0840 e. The van der Waals surface area contributed by atoms with Gasteiger partial charge in [0, 0.05) is 0 Å². The fourth-order valence-corrected chi connectivity index (χ4v) is 3.44. The molecule has 0 aromatic carbocycles. The van der Waals surface area contributed by atoms with Crippen LogP contribution in [0.3, 0.4) is 0 Å². The topological polar surface area (TPSA) is 29.5 Å². The molecule has 2 aliphatic rings. The molecule has 1 N–H and O–H groups in total. The first kappa shape index (κ1) is 13.4. The summed E-state index contributed by atoms with van der Waals surface area (Å²) in [6.45, 7) is 4.56. The predicted molar refractivity (Wildman–Crippen MR) is 69.9 cm³/mol. The van der Waals surface area contributed by atoms with Crippen molar-refractivity contribution >= 4 is 0 Å². The maximum atomic E-state index is 10.0. The van der Waals surface area contributed by atoms with Gasteiger partial charge in [0.1, 0.15) is 0 Å². The largest absolute Gasteiger partial charge is 0.390 e. The molecule has 0 radical (unpaired) electrons. The Labute approximate surface area is 106 Å². The molecule has 2 aliphatic carbocycles. The lowest BCUT2D eigenvalue weighted by Crippen LogP contribution is -2.39. The van der Waals surface area contributed by atoms with E-state index in [1.54, 1.807) is 0 Å². The zero-order valence-electron chi connectivity index (χ0n) is 11.4. The van der Waals surface area contributed by atoms with Gasteiger partial charge in [0.05, 0.1) is 18.3 Å². The number of hydrogen-bond donors (Lipinski definition) is 1. The summed E-state index contributed by atoms with van der Waals surface area (Å²) in [6, 6.07) is 0. The molecular weight excluding hydrogens is 212 g/mol. The van der Waals surface area contributed by atoms with Crippen molar-refractivity contribution in [3.8, 4) is 0 Å². The van der Waals surface area contributed by atoms with Crippen LogP contribution in [0.5, 0.6) is 0 Å². The molecule has 0 saturated heterocycles. The SMILES string of the molecule is CCC1CCCC(OC2CC(C)CCC2O)C1. The van der Waals surface area contributed by atoms with Gasteiger partial charge in [-0.2, -0.15) is 0 Å². The van der Waals surface area contributed by atoms with E-state index in [4.69, 9.17) is 4.74 Å². The summed E-state index contributed by atoms with van der Waals surface area (Å²) in [7, 11) is 0. The molecule has 2 saturated carbocycles. The Bertz CT molecular complexity index is 229. The molecule has 17 heavy (non-hydrogen) atoms. The molecule has 2 fully saturated rings. The number of ether oxygens (including phenoxy) is 1. The summed E-state index contributed by atoms with van der Waals surface area (Å²) >= 11 is 0. The number of aliphatic hydroxyl groups is 1. The zero-order valence-corrected chi connectivity index (χ0v) is 11.4. The van der Waals surface area contributed by atoms with E-state index in [0.29, 0.717) is 12.0 Å². The van der Waals surface area contributed by atoms with Crippen LogP contribution in [-0.2, 0) is 4.74 Å². The Morgan fingerprint density at radius 1 is 1.12 bits per heavy atom. The molecular formula is C15H28O2. The summed E-state index contributed by atoms with van der Waals surface area (Å²) in [5.41, 5.74) is 0. The van der Waals surface area contributed by atoms with Gasteiger partial charge in [-0.05, 0) is 43.9 Å². The van der Waals surface area contributed by atoms with Crippen LogP contribution in [0.15, 0.2) is 0 Å². The van der Waals surface area contributed by atoms with Gasteiger partial charge in [-0.3, -0.25) is 0 Å². The van der Waals surface area contributed by atoms with Crippen LogP contribution in [0.25, 0.3) is 0 Å². The predicted octanol–water partition coefficient (Wildman–Crippen LogP) is 3.52. The Morgan fingerprint density at radius 3 is 2.71 bits per heavy atom. The van der Waals surface area contributed by atoms with Crippen molar-refractivity contribution < 1.29 is 9.84 Å². The van der Waals surface area contributed by atoms with Gasteiger partial charge in [0.2, 0.25) is 0 Å². The van der Waals surface area contributed by atoms with E-state index in [1.165, 1.54) is 32.1 Å². The fourth-order valence-electron chi connectivity index (χ4n) is 3.44. The normalized spacial score (nSPS) is 43.6. The van der Waals surface area contributed by atoms with Crippen LogP contribution >= 0.6 is 0 Å². The lowest BCUT2D eigenvalue weighted by atomic mass is 9.84. The molecule has 2 nitrogen and oxygen atoms in total. The van der Waals surface area contributed by atoms with E-state index in [9.17, 15) is 5.11 Å². The molecule has 0 aromatic heterocycles. The average molecular weight is 240 g/mol. The highest BCUT2D eigenvalue weighted by atomic mass is 16.5. The van der Waals surface area contributed by atoms with E-state index in [1.807, 2.05) is 0 Å². The molecule has 0 heterocycles. The monoisotopic (exact) mass is 240 g/mol. The van der Waals surface area contributed by atoms with Crippen LogP contribution in [0, 0.1) is 11.8 Å². The van der Waals surface area contributed by atoms with Crippen LogP contribution in [0.2, 0.25) is 0 Å². The highest BCUT2D eigenvalue weighted by Crippen LogP contribution is 2.33. The van der Waals surface area contributed by atoms with Gasteiger partial charge in [-0.1, -0.05) is 33.1 Å². The van der Waals surface area contributed by atoms with Crippen molar-refractivity contribution in [1.82, 2.24) is 0 Å². The molecule has 0 spiro atoms. The van der Waals surface area contributed by atoms with E-state index in [0.717, 1.165) is 25.2 Å². The van der Waals surface area contributed by atoms with Crippen LogP contribution < -0.4 is 0 Å². The van der Waals surface area contributed by atoms with Crippen molar-refractivity contribution in [2.24, 2.45) is 11.8 Å². The van der Waals surface area contributed by atoms with E-state index >= 15 is 0 Å². The van der Waals surface area contributed by atoms with Gasteiger partial charge in [-0.25, -0.2) is 0 Å². The Morgan fingerprint density at radius 2 is 1.94 bits per heavy atom. The summed E-state index contributed by atoms with van der Waals surface area (Å²) in [4.78, 5) is 0. The maximum Gasteiger partial charge on any atom is 0.0840 e. The van der Waals surface area contributed by atoms with Gasteiger partial charge < -0.3 is 9.84 Å². The van der Waals surface area contributed by atoms with Crippen LogP contribution in [0.4, 0.5) is 0 Å². The molecule has 0 aromatic rings. The average Bonchev–Trinajstić information content (AvgIpc) is 2.34. The molecule has 5 atom stereocenters. The second-order valence-corrected chi connectivity index (χ2v) is 6.22. The third-order valence-corrected chi connectivity index (χ3v) is 4.70. The van der Waals surface area contributed by atoms with E-state index in [-0.39, 0.29) is 12.2 Å². The summed E-state index contributed by atoms with van der Waals surface area (Å²) in [5.74, 6) is 1.57. The number of rotatable bonds is 3. The van der Waals surface area contributed by atoms with Gasteiger partial charge in [-0.15, -0.1) is 0 Å². The molecule has 0 aliphatic heterocycles. The van der Waals surface area contributed by atoms with Gasteiger partial charge in [0.15, 0.2) is 0 Å². The Balaban J connectivity index is 1.82. The molecule has 2 heteroatoms. The third kappa shape index (κ3) is 3.69. The lowest BCUT2D eigenvalue weighted by Gasteiger charge is -2.37. The lowest BCUT2D eigenvalue weighted by molar-refractivity contribution is -0.116. The van der Waals surface area contributed by atoms with Gasteiger partial charge >= 0.3 is 0 Å². The minimum atomic E-state index is -0.215. The van der Waals surface area contributed by atoms with Crippen LogP contribution in [-0.4, -0.2) is 23.4 Å². The second-order valence-electron chi connectivity index (χ2n) is 6.22. The minimum Gasteiger partial charge on any atom is -0.390 e. The van der Waals surface area contributed by atoms with E-state index < -0.39 is 0 Å². The zero-order chi connectivity index (χ0) is 12.3. The Hall–Kier alpha value is -0.0800. The number of aliphatic hydroxyl groups excluding tert-OH is 1. The molecule has 100 valence electrons. The molecule has 0 bridgehead atoms. The third-order valence-electron chi connectivity index (χ3n) is 4.70. The second kappa shape index (κ2) is 6.19. The first-order valence-corrected chi connectivity index (χ1v) is 7.52. The first-order chi connectivity index (χ1) is 8.19. The molecule has 5 unspecified atom stereocenters. The highest BCUT2D eigenvalue weighted by molar-refractivity contribution is 4.81.